The number of likely N-dealkylation sites (tertiary alicyclic amines) is 1. The van der Waals surface area contributed by atoms with Gasteiger partial charge >= 0.3 is 0 Å². The van der Waals surface area contributed by atoms with E-state index in [9.17, 15) is 9.18 Å². The molecule has 0 radical (unpaired) electrons. The Morgan fingerprint density at radius 1 is 1.44 bits per heavy atom. The van der Waals surface area contributed by atoms with Crippen molar-refractivity contribution in [1.82, 2.24) is 4.90 Å². The minimum atomic E-state index is -0.327. The van der Waals surface area contributed by atoms with E-state index in [1.807, 2.05) is 6.07 Å². The second-order valence-corrected chi connectivity index (χ2v) is 4.67. The van der Waals surface area contributed by atoms with Crippen LogP contribution in [0.15, 0.2) is 18.2 Å². The maximum absolute atomic E-state index is 13.7. The van der Waals surface area contributed by atoms with Gasteiger partial charge in [-0.25, -0.2) is 4.39 Å². The van der Waals surface area contributed by atoms with E-state index in [1.165, 1.54) is 6.07 Å². The Labute approximate surface area is 106 Å². The summed E-state index contributed by atoms with van der Waals surface area (Å²) in [6.45, 7) is 2.19. The lowest BCUT2D eigenvalue weighted by Gasteiger charge is -2.29. The molecular weight excluding hydrogens is 231 g/mol. The molecule has 1 aliphatic rings. The fraction of sp³-hybridized carbons (Fsp3) is 0.429. The molecule has 94 valence electrons. The first kappa shape index (κ1) is 12.7. The summed E-state index contributed by atoms with van der Waals surface area (Å²) in [5, 5.41) is 8.67. The molecule has 0 aliphatic carbocycles. The molecule has 0 bridgehead atoms. The van der Waals surface area contributed by atoms with Crippen LogP contribution in [0.1, 0.15) is 24.0 Å². The predicted octanol–water partition coefficient (Wildman–Crippen LogP) is 2.11. The van der Waals surface area contributed by atoms with Gasteiger partial charge in [0.15, 0.2) is 0 Å². The molecule has 1 aromatic rings. The van der Waals surface area contributed by atoms with Crippen molar-refractivity contribution in [3.05, 3.63) is 35.1 Å². The summed E-state index contributed by atoms with van der Waals surface area (Å²) in [7, 11) is 0. The van der Waals surface area contributed by atoms with Gasteiger partial charge in [0.05, 0.1) is 11.6 Å². The predicted molar refractivity (Wildman–Crippen MR) is 65.2 cm³/mol. The third-order valence-electron chi connectivity index (χ3n) is 3.40. The molecular formula is C14H15FN2O. The molecule has 0 unspecified atom stereocenters. The Morgan fingerprint density at radius 2 is 2.17 bits per heavy atom. The second kappa shape index (κ2) is 5.74. The van der Waals surface area contributed by atoms with Gasteiger partial charge in [-0.2, -0.15) is 5.26 Å². The summed E-state index contributed by atoms with van der Waals surface area (Å²) >= 11 is 0. The number of piperidine rings is 1. The fourth-order valence-corrected chi connectivity index (χ4v) is 2.23. The van der Waals surface area contributed by atoms with E-state index in [4.69, 9.17) is 5.26 Å². The van der Waals surface area contributed by atoms with E-state index in [0.717, 1.165) is 32.2 Å². The molecule has 0 spiro atoms. The van der Waals surface area contributed by atoms with Crippen LogP contribution in [0, 0.1) is 23.1 Å². The summed E-state index contributed by atoms with van der Waals surface area (Å²) < 4.78 is 13.7. The summed E-state index contributed by atoms with van der Waals surface area (Å²) in [6.07, 6.45) is 2.71. The molecule has 0 aromatic heterocycles. The van der Waals surface area contributed by atoms with Crippen molar-refractivity contribution < 1.29 is 9.18 Å². The molecule has 2 rings (SSSR count). The van der Waals surface area contributed by atoms with Crippen molar-refractivity contribution in [1.29, 1.82) is 5.26 Å². The Bertz CT molecular complexity index is 473. The number of nitriles is 1. The highest BCUT2D eigenvalue weighted by Crippen LogP contribution is 2.19. The summed E-state index contributed by atoms with van der Waals surface area (Å²) in [5.74, 6) is -0.168. The zero-order valence-electron chi connectivity index (χ0n) is 10.1. The average molecular weight is 246 g/mol. The van der Waals surface area contributed by atoms with Gasteiger partial charge in [0.2, 0.25) is 0 Å². The van der Waals surface area contributed by atoms with Gasteiger partial charge in [-0.15, -0.1) is 0 Å². The standard InChI is InChI=1S/C14H15FN2O/c15-14-7-12(8-16)1-2-13(14)9-17-5-3-11(10-18)4-6-17/h1-2,7,10-11H,3-6,9H2. The van der Waals surface area contributed by atoms with Gasteiger partial charge in [-0.05, 0) is 38.1 Å². The molecule has 4 heteroatoms. The fourth-order valence-electron chi connectivity index (χ4n) is 2.23. The van der Waals surface area contributed by atoms with Crippen LogP contribution in [0.3, 0.4) is 0 Å². The van der Waals surface area contributed by atoms with Crippen LogP contribution in [0.4, 0.5) is 4.39 Å². The number of hydrogen-bond donors (Lipinski definition) is 0. The zero-order valence-corrected chi connectivity index (χ0v) is 10.1. The van der Waals surface area contributed by atoms with Gasteiger partial charge < -0.3 is 4.79 Å². The average Bonchev–Trinajstić information content (AvgIpc) is 2.42. The molecule has 18 heavy (non-hydrogen) atoms. The largest absolute Gasteiger partial charge is 0.303 e. The second-order valence-electron chi connectivity index (χ2n) is 4.67. The lowest BCUT2D eigenvalue weighted by molar-refractivity contribution is -0.112. The van der Waals surface area contributed by atoms with Crippen molar-refractivity contribution in [3.63, 3.8) is 0 Å². The zero-order chi connectivity index (χ0) is 13.0. The highest BCUT2D eigenvalue weighted by atomic mass is 19.1. The first-order valence-electron chi connectivity index (χ1n) is 6.09. The van der Waals surface area contributed by atoms with E-state index in [0.29, 0.717) is 17.7 Å². The van der Waals surface area contributed by atoms with Crippen LogP contribution in [0.2, 0.25) is 0 Å². The number of halogens is 1. The number of carbonyl (C=O) groups is 1. The molecule has 1 fully saturated rings. The Kier molecular flexibility index (Phi) is 4.06. The lowest BCUT2D eigenvalue weighted by atomic mass is 9.98. The van der Waals surface area contributed by atoms with E-state index >= 15 is 0 Å². The molecule has 1 saturated heterocycles. The first-order valence-corrected chi connectivity index (χ1v) is 6.09. The molecule has 0 N–H and O–H groups in total. The maximum atomic E-state index is 13.7. The minimum absolute atomic E-state index is 0.159. The minimum Gasteiger partial charge on any atom is -0.303 e. The number of nitrogens with zero attached hydrogens (tertiary/aromatic N) is 2. The number of carbonyl (C=O) groups excluding carboxylic acids is 1. The molecule has 0 atom stereocenters. The van der Waals surface area contributed by atoms with Crippen molar-refractivity contribution >= 4 is 6.29 Å². The highest BCUT2D eigenvalue weighted by molar-refractivity contribution is 5.53. The van der Waals surface area contributed by atoms with Crippen LogP contribution in [0.25, 0.3) is 0 Å². The first-order chi connectivity index (χ1) is 8.72. The van der Waals surface area contributed by atoms with Crippen LogP contribution < -0.4 is 0 Å². The number of hydrogen-bond acceptors (Lipinski definition) is 3. The third kappa shape index (κ3) is 2.93. The summed E-state index contributed by atoms with van der Waals surface area (Å²) in [4.78, 5) is 12.8. The van der Waals surface area contributed by atoms with Crippen LogP contribution in [-0.4, -0.2) is 24.3 Å². The van der Waals surface area contributed by atoms with Gasteiger partial charge in [0.1, 0.15) is 12.1 Å². The SMILES string of the molecule is N#Cc1ccc(CN2CCC(C=O)CC2)c(F)c1. The Morgan fingerprint density at radius 3 is 2.72 bits per heavy atom. The van der Waals surface area contributed by atoms with E-state index in [-0.39, 0.29) is 11.7 Å². The van der Waals surface area contributed by atoms with Gasteiger partial charge in [0.25, 0.3) is 0 Å². The highest BCUT2D eigenvalue weighted by Gasteiger charge is 2.19. The summed E-state index contributed by atoms with van der Waals surface area (Å²) in [6, 6.07) is 6.49. The van der Waals surface area contributed by atoms with Gasteiger partial charge in [-0.3, -0.25) is 4.90 Å². The molecule has 0 saturated carbocycles. The molecule has 3 nitrogen and oxygen atoms in total. The molecule has 1 aromatic carbocycles. The number of rotatable bonds is 3. The van der Waals surface area contributed by atoms with Crippen molar-refractivity contribution in [3.8, 4) is 6.07 Å². The Hall–Kier alpha value is -1.73. The quantitative estimate of drug-likeness (QED) is 0.767. The van der Waals surface area contributed by atoms with Crippen LogP contribution in [-0.2, 0) is 11.3 Å². The van der Waals surface area contributed by atoms with E-state index in [2.05, 4.69) is 4.90 Å². The van der Waals surface area contributed by atoms with E-state index in [1.54, 1.807) is 12.1 Å². The third-order valence-corrected chi connectivity index (χ3v) is 3.40. The van der Waals surface area contributed by atoms with Crippen molar-refractivity contribution in [2.75, 3.05) is 13.1 Å². The lowest BCUT2D eigenvalue weighted by Crippen LogP contribution is -2.33. The smallest absolute Gasteiger partial charge is 0.129 e. The molecule has 1 aliphatic heterocycles. The van der Waals surface area contributed by atoms with Gasteiger partial charge in [-0.1, -0.05) is 6.07 Å². The summed E-state index contributed by atoms with van der Waals surface area (Å²) in [5.41, 5.74) is 0.953. The van der Waals surface area contributed by atoms with Crippen LogP contribution >= 0.6 is 0 Å². The monoisotopic (exact) mass is 246 g/mol. The van der Waals surface area contributed by atoms with Gasteiger partial charge in [0, 0.05) is 18.0 Å². The van der Waals surface area contributed by atoms with Crippen molar-refractivity contribution in [2.24, 2.45) is 5.92 Å². The number of aldehydes is 1. The maximum Gasteiger partial charge on any atom is 0.129 e. The molecule has 0 amide bonds. The molecule has 1 heterocycles. The van der Waals surface area contributed by atoms with Crippen molar-refractivity contribution in [2.45, 2.75) is 19.4 Å². The van der Waals surface area contributed by atoms with E-state index < -0.39 is 0 Å². The topological polar surface area (TPSA) is 44.1 Å². The normalized spacial score (nSPS) is 17.3. The number of benzene rings is 1. The van der Waals surface area contributed by atoms with Crippen LogP contribution in [0.5, 0.6) is 0 Å². The Balaban J connectivity index is 1.98.